The average Bonchev–Trinajstić information content (AvgIpc) is 2.98. The standard InChI is InChI=1S/C28H48/c1-7-19-12-16-26(4)21(19)13-18-28(6)24(26)11-10-23-20-9-8-15-25(2,3)22(20)14-17-27(23,28)5/h19-24H,7-18H2,1-6H3/t19-,20-,21+,22+,23+,24+,26-,27+,28+/m0/s1. The molecule has 9 atom stereocenters. The Hall–Kier alpha value is 0. The number of rotatable bonds is 1. The third kappa shape index (κ3) is 2.36. The van der Waals surface area contributed by atoms with Crippen LogP contribution in [0.5, 0.6) is 0 Å². The van der Waals surface area contributed by atoms with Crippen molar-refractivity contribution in [3.63, 3.8) is 0 Å². The van der Waals surface area contributed by atoms with Crippen LogP contribution in [-0.4, -0.2) is 0 Å². The van der Waals surface area contributed by atoms with E-state index in [-0.39, 0.29) is 0 Å². The summed E-state index contributed by atoms with van der Waals surface area (Å²) in [4.78, 5) is 0. The van der Waals surface area contributed by atoms with Crippen molar-refractivity contribution in [2.24, 2.45) is 57.2 Å². The highest BCUT2D eigenvalue weighted by Crippen LogP contribution is 2.75. The van der Waals surface area contributed by atoms with Gasteiger partial charge in [-0.1, -0.05) is 54.4 Å². The van der Waals surface area contributed by atoms with Gasteiger partial charge in [-0.25, -0.2) is 0 Å². The summed E-state index contributed by atoms with van der Waals surface area (Å²) in [6.07, 6.45) is 18.3. The Kier molecular flexibility index (Phi) is 4.46. The zero-order chi connectivity index (χ0) is 19.9. The second-order valence-electron chi connectivity index (χ2n) is 13.6. The summed E-state index contributed by atoms with van der Waals surface area (Å²) in [6, 6.07) is 0. The van der Waals surface area contributed by atoms with Crippen LogP contribution in [0.1, 0.15) is 119 Å². The summed E-state index contributed by atoms with van der Waals surface area (Å²) in [5.41, 5.74) is 2.48. The Morgan fingerprint density at radius 3 is 2.11 bits per heavy atom. The maximum Gasteiger partial charge on any atom is -0.0235 e. The van der Waals surface area contributed by atoms with Gasteiger partial charge in [0.2, 0.25) is 0 Å². The van der Waals surface area contributed by atoms with Crippen molar-refractivity contribution < 1.29 is 0 Å². The van der Waals surface area contributed by atoms with Gasteiger partial charge in [0.25, 0.3) is 0 Å². The van der Waals surface area contributed by atoms with E-state index < -0.39 is 0 Å². The largest absolute Gasteiger partial charge is 0.0651 e. The zero-order valence-corrected chi connectivity index (χ0v) is 19.9. The molecule has 5 rings (SSSR count). The molecule has 0 aromatic carbocycles. The van der Waals surface area contributed by atoms with Crippen molar-refractivity contribution in [2.45, 2.75) is 119 Å². The van der Waals surface area contributed by atoms with Crippen molar-refractivity contribution in [1.82, 2.24) is 0 Å². The molecule has 0 heterocycles. The molecule has 0 N–H and O–H groups in total. The maximum absolute atomic E-state index is 2.80. The van der Waals surface area contributed by atoms with E-state index in [0.717, 1.165) is 35.5 Å². The van der Waals surface area contributed by atoms with Crippen molar-refractivity contribution >= 4 is 0 Å². The summed E-state index contributed by atoms with van der Waals surface area (Å²) in [7, 11) is 0. The average molecular weight is 385 g/mol. The Labute approximate surface area is 176 Å². The number of hydrogen-bond donors (Lipinski definition) is 0. The van der Waals surface area contributed by atoms with Gasteiger partial charge in [0, 0.05) is 0 Å². The van der Waals surface area contributed by atoms with Crippen molar-refractivity contribution in [3.8, 4) is 0 Å². The van der Waals surface area contributed by atoms with Crippen LogP contribution in [0, 0.1) is 57.2 Å². The molecule has 0 unspecified atom stereocenters. The van der Waals surface area contributed by atoms with E-state index in [1.165, 1.54) is 44.9 Å². The lowest BCUT2D eigenvalue weighted by Gasteiger charge is -2.70. The fraction of sp³-hybridized carbons (Fsp3) is 1.00. The molecule has 0 aromatic heterocycles. The highest BCUT2D eigenvalue weighted by atomic mass is 14.7. The van der Waals surface area contributed by atoms with E-state index in [1.807, 2.05) is 0 Å². The van der Waals surface area contributed by atoms with Crippen LogP contribution in [-0.2, 0) is 0 Å². The first-order valence-corrected chi connectivity index (χ1v) is 13.2. The molecule has 5 aliphatic carbocycles. The summed E-state index contributed by atoms with van der Waals surface area (Å²) >= 11 is 0. The van der Waals surface area contributed by atoms with E-state index in [2.05, 4.69) is 41.5 Å². The van der Waals surface area contributed by atoms with Crippen LogP contribution in [0.15, 0.2) is 0 Å². The molecule has 5 fully saturated rings. The van der Waals surface area contributed by atoms with Gasteiger partial charge in [-0.3, -0.25) is 0 Å². The van der Waals surface area contributed by atoms with Crippen LogP contribution in [0.4, 0.5) is 0 Å². The first-order chi connectivity index (χ1) is 13.2. The van der Waals surface area contributed by atoms with Crippen LogP contribution in [0.25, 0.3) is 0 Å². The molecule has 0 bridgehead atoms. The van der Waals surface area contributed by atoms with Crippen molar-refractivity contribution in [2.75, 3.05) is 0 Å². The third-order valence-corrected chi connectivity index (χ3v) is 12.8. The second-order valence-corrected chi connectivity index (χ2v) is 13.6. The molecule has 0 aliphatic heterocycles. The van der Waals surface area contributed by atoms with Gasteiger partial charge in [0.05, 0.1) is 0 Å². The van der Waals surface area contributed by atoms with Gasteiger partial charge in [-0.05, 0) is 121 Å². The summed E-state index contributed by atoms with van der Waals surface area (Å²) in [5, 5.41) is 0. The van der Waals surface area contributed by atoms with Gasteiger partial charge in [-0.15, -0.1) is 0 Å². The van der Waals surface area contributed by atoms with Crippen molar-refractivity contribution in [3.05, 3.63) is 0 Å². The molecular formula is C28H48. The molecule has 0 radical (unpaired) electrons. The van der Waals surface area contributed by atoms with Crippen LogP contribution < -0.4 is 0 Å². The fourth-order valence-electron chi connectivity index (χ4n) is 11.1. The summed E-state index contributed by atoms with van der Waals surface area (Å²) in [6.45, 7) is 16.0. The number of fused-ring (bicyclic) bond motifs is 7. The molecule has 28 heavy (non-hydrogen) atoms. The lowest BCUT2D eigenvalue weighted by Crippen LogP contribution is -2.63. The molecular weight excluding hydrogens is 336 g/mol. The van der Waals surface area contributed by atoms with Gasteiger partial charge in [0.15, 0.2) is 0 Å². The van der Waals surface area contributed by atoms with Gasteiger partial charge in [-0.2, -0.15) is 0 Å². The zero-order valence-electron chi connectivity index (χ0n) is 19.9. The van der Waals surface area contributed by atoms with Crippen LogP contribution in [0.2, 0.25) is 0 Å². The normalized spacial score (nSPS) is 57.6. The topological polar surface area (TPSA) is 0 Å². The number of hydrogen-bond acceptors (Lipinski definition) is 0. The first-order valence-electron chi connectivity index (χ1n) is 13.2. The minimum absolute atomic E-state index is 0.603. The SMILES string of the molecule is CC[C@H]1CC[C@@]2(C)[C@@H]1CC[C@]1(C)[C@@H]2CC[C@@H]2[C@H]3CCCC(C)(C)[C@@H]3CC[C@]21C. The Balaban J connectivity index is 1.49. The second kappa shape index (κ2) is 6.26. The van der Waals surface area contributed by atoms with Gasteiger partial charge in [0.1, 0.15) is 0 Å². The van der Waals surface area contributed by atoms with Gasteiger partial charge >= 0.3 is 0 Å². The predicted molar refractivity (Wildman–Crippen MR) is 120 cm³/mol. The van der Waals surface area contributed by atoms with E-state index in [0.29, 0.717) is 21.7 Å². The predicted octanol–water partition coefficient (Wildman–Crippen LogP) is 8.50. The Morgan fingerprint density at radius 2 is 1.36 bits per heavy atom. The van der Waals surface area contributed by atoms with Crippen LogP contribution in [0.3, 0.4) is 0 Å². The minimum Gasteiger partial charge on any atom is -0.0651 e. The molecule has 5 aliphatic rings. The molecule has 0 amide bonds. The molecule has 5 saturated carbocycles. The lowest BCUT2D eigenvalue weighted by molar-refractivity contribution is -0.215. The van der Waals surface area contributed by atoms with E-state index in [1.54, 1.807) is 32.1 Å². The smallest absolute Gasteiger partial charge is 0.0235 e. The van der Waals surface area contributed by atoms with E-state index in [4.69, 9.17) is 0 Å². The van der Waals surface area contributed by atoms with Crippen molar-refractivity contribution in [1.29, 1.82) is 0 Å². The molecule has 0 nitrogen and oxygen atoms in total. The van der Waals surface area contributed by atoms with Crippen LogP contribution >= 0.6 is 0 Å². The fourth-order valence-corrected chi connectivity index (χ4v) is 11.1. The van der Waals surface area contributed by atoms with E-state index in [9.17, 15) is 0 Å². The molecule has 0 aromatic rings. The Morgan fingerprint density at radius 1 is 0.643 bits per heavy atom. The summed E-state index contributed by atoms with van der Waals surface area (Å²) < 4.78 is 0. The third-order valence-electron chi connectivity index (χ3n) is 12.8. The molecule has 0 saturated heterocycles. The van der Waals surface area contributed by atoms with E-state index >= 15 is 0 Å². The Bertz CT molecular complexity index is 618. The highest BCUT2D eigenvalue weighted by Gasteiger charge is 2.67. The quantitative estimate of drug-likeness (QED) is 0.425. The molecule has 0 heteroatoms. The summed E-state index contributed by atoms with van der Waals surface area (Å²) in [5.74, 6) is 6.16. The monoisotopic (exact) mass is 384 g/mol. The first kappa shape index (κ1) is 19.9. The highest BCUT2D eigenvalue weighted by molar-refractivity contribution is 5.16. The lowest BCUT2D eigenvalue weighted by atomic mass is 9.34. The van der Waals surface area contributed by atoms with Gasteiger partial charge < -0.3 is 0 Å². The molecule has 0 spiro atoms. The maximum atomic E-state index is 2.80. The molecule has 160 valence electrons. The minimum atomic E-state index is 0.603.